The molecule has 0 radical (unpaired) electrons. The smallest absolute Gasteiger partial charge is 0.316 e. The number of benzene rings is 1. The Morgan fingerprint density at radius 2 is 2.04 bits per heavy atom. The van der Waals surface area contributed by atoms with E-state index in [0.29, 0.717) is 12.4 Å². The fraction of sp³-hybridized carbons (Fsp3) is 0.278. The average molecular weight is 324 g/mol. The van der Waals surface area contributed by atoms with Crippen LogP contribution in [-0.4, -0.2) is 34.2 Å². The van der Waals surface area contributed by atoms with Crippen molar-refractivity contribution in [1.82, 2.24) is 19.9 Å². The molecule has 0 saturated heterocycles. The van der Waals surface area contributed by atoms with Crippen molar-refractivity contribution in [2.45, 2.75) is 19.3 Å². The number of nitrogens with one attached hydrogen (secondary N) is 1. The summed E-state index contributed by atoms with van der Waals surface area (Å²) >= 11 is 0. The summed E-state index contributed by atoms with van der Waals surface area (Å²) in [7, 11) is 3.26. The van der Waals surface area contributed by atoms with Crippen LogP contribution in [0.1, 0.15) is 28.4 Å². The van der Waals surface area contributed by atoms with Gasteiger partial charge in [-0.1, -0.05) is 18.2 Å². The maximum atomic E-state index is 5.65. The highest BCUT2D eigenvalue weighted by Crippen LogP contribution is 2.35. The second-order valence-electron chi connectivity index (χ2n) is 5.50. The van der Waals surface area contributed by atoms with Crippen molar-refractivity contribution in [2.75, 3.05) is 14.2 Å². The van der Waals surface area contributed by atoms with Gasteiger partial charge in [-0.2, -0.15) is 0 Å². The molecule has 0 spiro atoms. The monoisotopic (exact) mass is 324 g/mol. The van der Waals surface area contributed by atoms with Crippen LogP contribution in [-0.2, 0) is 6.42 Å². The van der Waals surface area contributed by atoms with E-state index in [4.69, 9.17) is 9.47 Å². The van der Waals surface area contributed by atoms with Gasteiger partial charge in [-0.15, -0.1) is 0 Å². The molecular weight excluding hydrogens is 304 g/mol. The molecule has 2 heterocycles. The van der Waals surface area contributed by atoms with E-state index < -0.39 is 0 Å². The Morgan fingerprint density at radius 1 is 1.17 bits per heavy atom. The highest BCUT2D eigenvalue weighted by molar-refractivity contribution is 5.46. The third-order valence-electron chi connectivity index (χ3n) is 4.00. The van der Waals surface area contributed by atoms with E-state index in [0.717, 1.165) is 28.3 Å². The lowest BCUT2D eigenvalue weighted by atomic mass is 9.89. The Labute approximate surface area is 140 Å². The first-order valence-corrected chi connectivity index (χ1v) is 7.70. The number of aromatic nitrogens is 4. The summed E-state index contributed by atoms with van der Waals surface area (Å²) in [5.41, 5.74) is 4.10. The highest BCUT2D eigenvalue weighted by atomic mass is 16.5. The molecule has 0 aliphatic rings. The van der Waals surface area contributed by atoms with E-state index >= 15 is 0 Å². The van der Waals surface area contributed by atoms with Gasteiger partial charge in [0.05, 0.1) is 20.5 Å². The minimum absolute atomic E-state index is 0.0435. The molecule has 3 rings (SSSR count). The standard InChI is InChI=1S/C18H20N4O2/c1-12-5-4-6-14(17(12)23-2)15(16-10-19-11-21-16)9-13-7-8-20-18(22-13)24-3/h4-8,10-11,15H,9H2,1-3H3,(H,19,21)/t15-/m0/s1. The average Bonchev–Trinajstić information content (AvgIpc) is 3.14. The molecule has 124 valence electrons. The molecule has 0 unspecified atom stereocenters. The van der Waals surface area contributed by atoms with Gasteiger partial charge in [-0.05, 0) is 18.6 Å². The lowest BCUT2D eigenvalue weighted by Crippen LogP contribution is -2.10. The second kappa shape index (κ2) is 7.12. The number of nitrogens with zero attached hydrogens (tertiary/aromatic N) is 3. The van der Waals surface area contributed by atoms with Crippen molar-refractivity contribution in [3.63, 3.8) is 0 Å². The van der Waals surface area contributed by atoms with Crippen LogP contribution in [0.3, 0.4) is 0 Å². The van der Waals surface area contributed by atoms with Crippen LogP contribution < -0.4 is 9.47 Å². The molecule has 0 fully saturated rings. The molecule has 1 atom stereocenters. The maximum absolute atomic E-state index is 5.65. The van der Waals surface area contributed by atoms with Crippen LogP contribution >= 0.6 is 0 Å². The molecule has 0 saturated carbocycles. The first kappa shape index (κ1) is 16.0. The molecule has 0 aliphatic heterocycles. The summed E-state index contributed by atoms with van der Waals surface area (Å²) in [5.74, 6) is 0.931. The van der Waals surface area contributed by atoms with Crippen molar-refractivity contribution < 1.29 is 9.47 Å². The fourth-order valence-corrected chi connectivity index (χ4v) is 2.87. The Kier molecular flexibility index (Phi) is 4.74. The number of aryl methyl sites for hydroxylation is 1. The van der Waals surface area contributed by atoms with Gasteiger partial charge in [0.2, 0.25) is 0 Å². The molecule has 1 N–H and O–H groups in total. The lowest BCUT2D eigenvalue weighted by Gasteiger charge is -2.20. The number of imidazole rings is 1. The van der Waals surface area contributed by atoms with Crippen LogP contribution in [0.2, 0.25) is 0 Å². The van der Waals surface area contributed by atoms with E-state index in [1.165, 1.54) is 0 Å². The summed E-state index contributed by atoms with van der Waals surface area (Å²) < 4.78 is 10.8. The van der Waals surface area contributed by atoms with Crippen molar-refractivity contribution in [2.24, 2.45) is 0 Å². The molecule has 1 aromatic carbocycles. The Balaban J connectivity index is 2.03. The third-order valence-corrected chi connectivity index (χ3v) is 4.00. The van der Waals surface area contributed by atoms with Crippen molar-refractivity contribution in [1.29, 1.82) is 0 Å². The van der Waals surface area contributed by atoms with Gasteiger partial charge in [0.15, 0.2) is 0 Å². The van der Waals surface area contributed by atoms with Gasteiger partial charge in [0, 0.05) is 41.7 Å². The first-order valence-electron chi connectivity index (χ1n) is 7.70. The van der Waals surface area contributed by atoms with E-state index in [-0.39, 0.29) is 5.92 Å². The predicted octanol–water partition coefficient (Wildman–Crippen LogP) is 2.90. The summed E-state index contributed by atoms with van der Waals surface area (Å²) in [4.78, 5) is 15.9. The van der Waals surface area contributed by atoms with Crippen molar-refractivity contribution in [3.8, 4) is 11.8 Å². The zero-order valence-corrected chi connectivity index (χ0v) is 14.0. The summed E-state index contributed by atoms with van der Waals surface area (Å²) in [5, 5.41) is 0. The zero-order valence-electron chi connectivity index (χ0n) is 14.0. The third kappa shape index (κ3) is 3.22. The van der Waals surface area contributed by atoms with Crippen LogP contribution in [0.25, 0.3) is 0 Å². The normalized spacial score (nSPS) is 12.0. The molecule has 0 aliphatic carbocycles. The second-order valence-corrected chi connectivity index (χ2v) is 5.50. The number of hydrogen-bond acceptors (Lipinski definition) is 5. The summed E-state index contributed by atoms with van der Waals surface area (Å²) in [6, 6.07) is 8.42. The summed E-state index contributed by atoms with van der Waals surface area (Å²) in [6.45, 7) is 2.04. The summed E-state index contributed by atoms with van der Waals surface area (Å²) in [6.07, 6.45) is 5.91. The van der Waals surface area contributed by atoms with Gasteiger partial charge in [-0.3, -0.25) is 0 Å². The number of ether oxygens (including phenoxy) is 2. The minimum atomic E-state index is 0.0435. The van der Waals surface area contributed by atoms with Crippen LogP contribution in [0, 0.1) is 6.92 Å². The molecule has 3 aromatic rings. The van der Waals surface area contributed by atoms with Gasteiger partial charge in [0.25, 0.3) is 0 Å². The molecule has 0 bridgehead atoms. The van der Waals surface area contributed by atoms with Gasteiger partial charge in [-0.25, -0.2) is 15.0 Å². The number of aromatic amines is 1. The number of hydrogen-bond donors (Lipinski definition) is 1. The maximum Gasteiger partial charge on any atom is 0.316 e. The first-order chi connectivity index (χ1) is 11.7. The number of para-hydroxylation sites is 1. The molecular formula is C18H20N4O2. The Hall–Kier alpha value is -2.89. The van der Waals surface area contributed by atoms with Crippen molar-refractivity contribution in [3.05, 3.63) is 65.5 Å². The molecule has 2 aromatic heterocycles. The number of rotatable bonds is 6. The Morgan fingerprint density at radius 3 is 2.75 bits per heavy atom. The van der Waals surface area contributed by atoms with E-state index in [1.807, 2.05) is 31.3 Å². The highest BCUT2D eigenvalue weighted by Gasteiger charge is 2.22. The van der Waals surface area contributed by atoms with Crippen molar-refractivity contribution >= 4 is 0 Å². The van der Waals surface area contributed by atoms with Gasteiger partial charge >= 0.3 is 6.01 Å². The Bertz CT molecular complexity index is 803. The molecule has 6 nitrogen and oxygen atoms in total. The number of methoxy groups -OCH3 is 2. The topological polar surface area (TPSA) is 72.9 Å². The molecule has 24 heavy (non-hydrogen) atoms. The minimum Gasteiger partial charge on any atom is -0.496 e. The lowest BCUT2D eigenvalue weighted by molar-refractivity contribution is 0.377. The fourth-order valence-electron chi connectivity index (χ4n) is 2.87. The largest absolute Gasteiger partial charge is 0.496 e. The van der Waals surface area contributed by atoms with Gasteiger partial charge in [0.1, 0.15) is 5.75 Å². The quantitative estimate of drug-likeness (QED) is 0.755. The van der Waals surface area contributed by atoms with Crippen LogP contribution in [0.5, 0.6) is 11.8 Å². The SMILES string of the molecule is COc1nccc(C[C@H](c2cnc[nH]2)c2cccc(C)c2OC)n1. The van der Waals surface area contributed by atoms with Gasteiger partial charge < -0.3 is 14.5 Å². The van der Waals surface area contributed by atoms with Crippen LogP contribution in [0.4, 0.5) is 0 Å². The molecule has 0 amide bonds. The number of H-pyrrole nitrogens is 1. The molecule has 6 heteroatoms. The predicted molar refractivity (Wildman–Crippen MR) is 90.4 cm³/mol. The van der Waals surface area contributed by atoms with E-state index in [9.17, 15) is 0 Å². The van der Waals surface area contributed by atoms with E-state index in [1.54, 1.807) is 26.7 Å². The zero-order chi connectivity index (χ0) is 16.9. The van der Waals surface area contributed by atoms with Crippen LogP contribution in [0.15, 0.2) is 43.0 Å². The van der Waals surface area contributed by atoms with E-state index in [2.05, 4.69) is 26.0 Å².